The predicted molar refractivity (Wildman–Crippen MR) is 68.3 cm³/mol. The van der Waals surface area contributed by atoms with Crippen LogP contribution in [0.1, 0.15) is 5.82 Å². The van der Waals surface area contributed by atoms with Crippen LogP contribution in [0.15, 0.2) is 39.8 Å². The molecule has 7 heteroatoms. The number of benzene rings is 1. The zero-order chi connectivity index (χ0) is 14.1. The maximum atomic E-state index is 12.8. The van der Waals surface area contributed by atoms with Crippen LogP contribution in [0.25, 0.3) is 22.8 Å². The highest BCUT2D eigenvalue weighted by atomic mass is 19.1. The second-order valence-electron chi connectivity index (χ2n) is 4.14. The average molecular weight is 272 g/mol. The number of aromatic amines is 1. The third-order valence-corrected chi connectivity index (χ3v) is 2.69. The summed E-state index contributed by atoms with van der Waals surface area (Å²) in [5.41, 5.74) is 0.432. The lowest BCUT2D eigenvalue weighted by atomic mass is 10.2. The van der Waals surface area contributed by atoms with Crippen molar-refractivity contribution in [2.24, 2.45) is 0 Å². The van der Waals surface area contributed by atoms with Crippen LogP contribution in [-0.2, 0) is 0 Å². The molecule has 6 nitrogen and oxygen atoms in total. The summed E-state index contributed by atoms with van der Waals surface area (Å²) in [7, 11) is 0. The molecule has 0 aliphatic carbocycles. The molecule has 0 aliphatic rings. The van der Waals surface area contributed by atoms with Crippen molar-refractivity contribution in [1.29, 1.82) is 0 Å². The summed E-state index contributed by atoms with van der Waals surface area (Å²) in [5, 5.41) is 3.77. The number of hydrogen-bond donors (Lipinski definition) is 1. The number of aryl methyl sites for hydroxylation is 1. The molecule has 1 aromatic carbocycles. The molecule has 20 heavy (non-hydrogen) atoms. The Kier molecular flexibility index (Phi) is 2.86. The quantitative estimate of drug-likeness (QED) is 0.770. The van der Waals surface area contributed by atoms with E-state index in [1.807, 2.05) is 0 Å². The van der Waals surface area contributed by atoms with Crippen LogP contribution >= 0.6 is 0 Å². The van der Waals surface area contributed by atoms with Gasteiger partial charge >= 0.3 is 0 Å². The largest absolute Gasteiger partial charge is 0.333 e. The van der Waals surface area contributed by atoms with Crippen molar-refractivity contribution in [3.63, 3.8) is 0 Å². The van der Waals surface area contributed by atoms with Gasteiger partial charge < -0.3 is 9.51 Å². The van der Waals surface area contributed by atoms with E-state index in [-0.39, 0.29) is 28.7 Å². The molecule has 100 valence electrons. The van der Waals surface area contributed by atoms with E-state index >= 15 is 0 Å². The first kappa shape index (κ1) is 12.2. The van der Waals surface area contributed by atoms with Crippen molar-refractivity contribution in [1.82, 2.24) is 20.1 Å². The average Bonchev–Trinajstić information content (AvgIpc) is 2.89. The minimum absolute atomic E-state index is 0.0677. The minimum Gasteiger partial charge on any atom is -0.333 e. The molecular formula is C13H9FN4O2. The Morgan fingerprint density at radius 3 is 2.70 bits per heavy atom. The number of rotatable bonds is 2. The molecule has 1 N–H and O–H groups in total. The van der Waals surface area contributed by atoms with E-state index in [0.717, 1.165) is 0 Å². The topological polar surface area (TPSA) is 84.7 Å². The van der Waals surface area contributed by atoms with Gasteiger partial charge in [0.2, 0.25) is 5.82 Å². The third kappa shape index (κ3) is 2.20. The van der Waals surface area contributed by atoms with E-state index < -0.39 is 0 Å². The summed E-state index contributed by atoms with van der Waals surface area (Å²) >= 11 is 0. The first-order valence-electron chi connectivity index (χ1n) is 5.79. The van der Waals surface area contributed by atoms with Crippen molar-refractivity contribution in [2.45, 2.75) is 6.92 Å². The van der Waals surface area contributed by atoms with Gasteiger partial charge in [-0.3, -0.25) is 4.79 Å². The summed E-state index contributed by atoms with van der Waals surface area (Å²) < 4.78 is 17.9. The van der Waals surface area contributed by atoms with Crippen LogP contribution in [0.2, 0.25) is 0 Å². The molecular weight excluding hydrogens is 263 g/mol. The van der Waals surface area contributed by atoms with Gasteiger partial charge in [-0.2, -0.15) is 4.98 Å². The Balaban J connectivity index is 2.02. The van der Waals surface area contributed by atoms with Gasteiger partial charge in [-0.15, -0.1) is 0 Å². The molecule has 0 aliphatic heterocycles. The Morgan fingerprint density at radius 2 is 2.00 bits per heavy atom. The fraction of sp³-hybridized carbons (Fsp3) is 0.0769. The molecule has 0 unspecified atom stereocenters. The number of aromatic nitrogens is 4. The van der Waals surface area contributed by atoms with E-state index in [1.165, 1.54) is 30.5 Å². The first-order valence-corrected chi connectivity index (χ1v) is 5.79. The molecule has 0 saturated carbocycles. The van der Waals surface area contributed by atoms with E-state index in [1.54, 1.807) is 6.92 Å². The second-order valence-corrected chi connectivity index (χ2v) is 4.14. The number of nitrogens with one attached hydrogen (secondary N) is 1. The lowest BCUT2D eigenvalue weighted by molar-refractivity contribution is 0.431. The zero-order valence-corrected chi connectivity index (χ0v) is 10.4. The normalized spacial score (nSPS) is 10.7. The Morgan fingerprint density at radius 1 is 1.25 bits per heavy atom. The van der Waals surface area contributed by atoms with Gasteiger partial charge in [0.1, 0.15) is 17.2 Å². The van der Waals surface area contributed by atoms with Gasteiger partial charge in [-0.25, -0.2) is 9.37 Å². The molecule has 0 amide bonds. The first-order chi connectivity index (χ1) is 9.63. The highest BCUT2D eigenvalue weighted by molar-refractivity contribution is 5.58. The van der Waals surface area contributed by atoms with Gasteiger partial charge in [-0.1, -0.05) is 5.16 Å². The standard InChI is InChI=1S/C13H9FN4O2/c1-7-15-6-10(12(19)16-7)13-17-11(18-20-13)8-2-4-9(14)5-3-8/h2-6H,1H3,(H,15,16,19). The van der Waals surface area contributed by atoms with E-state index in [0.29, 0.717) is 11.4 Å². The Hall–Kier alpha value is -2.83. The fourth-order valence-corrected chi connectivity index (χ4v) is 1.69. The Labute approximate surface area is 112 Å². The second kappa shape index (κ2) is 4.69. The van der Waals surface area contributed by atoms with Crippen LogP contribution in [-0.4, -0.2) is 20.1 Å². The summed E-state index contributed by atoms with van der Waals surface area (Å²) in [6, 6.07) is 5.65. The molecule has 0 fully saturated rings. The van der Waals surface area contributed by atoms with Gasteiger partial charge in [0, 0.05) is 11.8 Å². The summed E-state index contributed by atoms with van der Waals surface area (Å²) in [6.07, 6.45) is 1.37. The van der Waals surface area contributed by atoms with Crippen LogP contribution < -0.4 is 5.56 Å². The molecule has 0 atom stereocenters. The van der Waals surface area contributed by atoms with E-state index in [4.69, 9.17) is 4.52 Å². The lowest BCUT2D eigenvalue weighted by Crippen LogP contribution is -2.11. The highest BCUT2D eigenvalue weighted by Gasteiger charge is 2.14. The van der Waals surface area contributed by atoms with Crippen molar-refractivity contribution < 1.29 is 8.91 Å². The molecule has 3 rings (SSSR count). The van der Waals surface area contributed by atoms with Gasteiger partial charge in [0.15, 0.2) is 0 Å². The molecule has 3 aromatic rings. The maximum absolute atomic E-state index is 12.8. The number of hydrogen-bond acceptors (Lipinski definition) is 5. The summed E-state index contributed by atoms with van der Waals surface area (Å²) in [4.78, 5) is 22.4. The van der Waals surface area contributed by atoms with Crippen LogP contribution in [0, 0.1) is 12.7 Å². The predicted octanol–water partition coefficient (Wildman–Crippen LogP) is 1.93. The molecule has 0 bridgehead atoms. The molecule has 0 saturated heterocycles. The third-order valence-electron chi connectivity index (χ3n) is 2.69. The summed E-state index contributed by atoms with van der Waals surface area (Å²) in [6.45, 7) is 1.67. The zero-order valence-electron chi connectivity index (χ0n) is 10.4. The number of halogens is 1. The van der Waals surface area contributed by atoms with Crippen molar-refractivity contribution in [2.75, 3.05) is 0 Å². The highest BCUT2D eigenvalue weighted by Crippen LogP contribution is 2.19. The van der Waals surface area contributed by atoms with E-state index in [2.05, 4.69) is 20.1 Å². The van der Waals surface area contributed by atoms with Crippen LogP contribution in [0.5, 0.6) is 0 Å². The SMILES string of the molecule is Cc1ncc(-c2nc(-c3ccc(F)cc3)no2)c(=O)[nH]1. The lowest BCUT2D eigenvalue weighted by Gasteiger charge is -1.94. The van der Waals surface area contributed by atoms with E-state index in [9.17, 15) is 9.18 Å². The van der Waals surface area contributed by atoms with Crippen molar-refractivity contribution in [3.05, 3.63) is 52.5 Å². The van der Waals surface area contributed by atoms with Gasteiger partial charge in [-0.05, 0) is 31.2 Å². The monoisotopic (exact) mass is 272 g/mol. The smallest absolute Gasteiger partial charge is 0.265 e. The molecule has 2 aromatic heterocycles. The molecule has 0 radical (unpaired) electrons. The fourth-order valence-electron chi connectivity index (χ4n) is 1.69. The number of H-pyrrole nitrogens is 1. The summed E-state index contributed by atoms with van der Waals surface area (Å²) in [5.74, 6) is 0.492. The minimum atomic E-state index is -0.355. The number of nitrogens with zero attached hydrogens (tertiary/aromatic N) is 3. The molecule has 0 spiro atoms. The maximum Gasteiger partial charge on any atom is 0.265 e. The molecule has 2 heterocycles. The van der Waals surface area contributed by atoms with Gasteiger partial charge in [0.05, 0.1) is 0 Å². The van der Waals surface area contributed by atoms with Crippen LogP contribution in [0.4, 0.5) is 4.39 Å². The van der Waals surface area contributed by atoms with Crippen molar-refractivity contribution in [3.8, 4) is 22.8 Å². The van der Waals surface area contributed by atoms with Crippen LogP contribution in [0.3, 0.4) is 0 Å². The van der Waals surface area contributed by atoms with Crippen molar-refractivity contribution >= 4 is 0 Å². The van der Waals surface area contributed by atoms with Gasteiger partial charge in [0.25, 0.3) is 11.4 Å². The Bertz CT molecular complexity index is 808.